The first-order valence-corrected chi connectivity index (χ1v) is 4.55. The minimum absolute atomic E-state index is 0.297. The Balaban J connectivity index is 2.75. The first-order chi connectivity index (χ1) is 6.74. The van der Waals surface area contributed by atoms with Crippen LogP contribution in [0.25, 0.3) is 5.57 Å². The summed E-state index contributed by atoms with van der Waals surface area (Å²) in [7, 11) is 0. The van der Waals surface area contributed by atoms with Gasteiger partial charge in [-0.15, -0.1) is 0 Å². The third-order valence-electron chi connectivity index (χ3n) is 1.78. The highest BCUT2D eigenvalue weighted by atomic mass is 16.5. The van der Waals surface area contributed by atoms with E-state index in [1.165, 1.54) is 6.08 Å². The monoisotopic (exact) mass is 189 g/mol. The summed E-state index contributed by atoms with van der Waals surface area (Å²) in [4.78, 5) is 11.1. The second-order valence-electron chi connectivity index (χ2n) is 2.87. The van der Waals surface area contributed by atoms with Gasteiger partial charge >= 0.3 is 5.97 Å². The highest BCUT2D eigenvalue weighted by Gasteiger charge is 1.99. The van der Waals surface area contributed by atoms with Crippen molar-refractivity contribution in [1.82, 2.24) is 0 Å². The van der Waals surface area contributed by atoms with Crippen molar-refractivity contribution in [2.75, 3.05) is 6.61 Å². The standard InChI is InChI=1S/C12H13O2/c1-3-14-12(13)9-10(2)11-7-5-4-6-8-11/h4-5,7-9H,3H2,1-2H3. The number of carbonyl (C=O) groups excluding carboxylic acids is 1. The molecule has 0 N–H and O–H groups in total. The molecule has 0 fully saturated rings. The highest BCUT2D eigenvalue weighted by molar-refractivity contribution is 5.90. The van der Waals surface area contributed by atoms with E-state index in [0.717, 1.165) is 11.1 Å². The largest absolute Gasteiger partial charge is 0.463 e. The molecule has 0 aliphatic carbocycles. The van der Waals surface area contributed by atoms with Crippen molar-refractivity contribution < 1.29 is 9.53 Å². The number of hydrogen-bond acceptors (Lipinski definition) is 2. The van der Waals surface area contributed by atoms with Crippen LogP contribution >= 0.6 is 0 Å². The average Bonchev–Trinajstić information content (AvgIpc) is 2.19. The third-order valence-corrected chi connectivity index (χ3v) is 1.78. The zero-order valence-corrected chi connectivity index (χ0v) is 8.41. The van der Waals surface area contributed by atoms with Crippen LogP contribution in [0.4, 0.5) is 0 Å². The van der Waals surface area contributed by atoms with Gasteiger partial charge in [0.15, 0.2) is 0 Å². The molecule has 0 aliphatic heterocycles. The van der Waals surface area contributed by atoms with Gasteiger partial charge in [-0.1, -0.05) is 18.2 Å². The number of ether oxygens (including phenoxy) is 1. The van der Waals surface area contributed by atoms with E-state index in [2.05, 4.69) is 6.07 Å². The zero-order valence-electron chi connectivity index (χ0n) is 8.41. The lowest BCUT2D eigenvalue weighted by molar-refractivity contribution is -0.137. The van der Waals surface area contributed by atoms with Gasteiger partial charge in [-0.2, -0.15) is 0 Å². The molecule has 1 rings (SSSR count). The molecule has 2 nitrogen and oxygen atoms in total. The molecule has 1 aromatic carbocycles. The van der Waals surface area contributed by atoms with Crippen LogP contribution in [-0.4, -0.2) is 12.6 Å². The number of esters is 1. The van der Waals surface area contributed by atoms with E-state index in [4.69, 9.17) is 4.74 Å². The van der Waals surface area contributed by atoms with E-state index in [9.17, 15) is 4.79 Å². The lowest BCUT2D eigenvalue weighted by Gasteiger charge is -2.00. The van der Waals surface area contributed by atoms with Crippen molar-refractivity contribution in [2.45, 2.75) is 13.8 Å². The Labute approximate surface area is 84.2 Å². The number of allylic oxidation sites excluding steroid dienone is 1. The van der Waals surface area contributed by atoms with Gasteiger partial charge in [0.1, 0.15) is 0 Å². The Kier molecular flexibility index (Phi) is 3.92. The van der Waals surface area contributed by atoms with Gasteiger partial charge in [0.05, 0.1) is 6.61 Å². The number of benzene rings is 1. The fourth-order valence-corrected chi connectivity index (χ4v) is 1.08. The Bertz CT molecular complexity index is 325. The van der Waals surface area contributed by atoms with Crippen molar-refractivity contribution in [3.05, 3.63) is 42.0 Å². The molecule has 1 radical (unpaired) electrons. The fourth-order valence-electron chi connectivity index (χ4n) is 1.08. The normalized spacial score (nSPS) is 11.1. The van der Waals surface area contributed by atoms with Crippen molar-refractivity contribution >= 4 is 11.5 Å². The van der Waals surface area contributed by atoms with Crippen molar-refractivity contribution in [1.29, 1.82) is 0 Å². The van der Waals surface area contributed by atoms with Crippen LogP contribution in [0.3, 0.4) is 0 Å². The molecule has 14 heavy (non-hydrogen) atoms. The molecule has 2 heteroatoms. The van der Waals surface area contributed by atoms with Gasteiger partial charge < -0.3 is 4.74 Å². The maximum Gasteiger partial charge on any atom is 0.331 e. The quantitative estimate of drug-likeness (QED) is 0.539. The first-order valence-electron chi connectivity index (χ1n) is 4.55. The highest BCUT2D eigenvalue weighted by Crippen LogP contribution is 2.12. The molecule has 0 bridgehead atoms. The minimum Gasteiger partial charge on any atom is -0.463 e. The molecule has 0 saturated carbocycles. The lowest BCUT2D eigenvalue weighted by Crippen LogP contribution is -2.00. The first kappa shape index (κ1) is 10.5. The molecule has 0 heterocycles. The third kappa shape index (κ3) is 3.05. The topological polar surface area (TPSA) is 26.3 Å². The van der Waals surface area contributed by atoms with Gasteiger partial charge in [-0.25, -0.2) is 4.79 Å². The summed E-state index contributed by atoms with van der Waals surface area (Å²) in [5.74, 6) is -0.297. The molecule has 0 saturated heterocycles. The van der Waals surface area contributed by atoms with Gasteiger partial charge in [-0.05, 0) is 37.1 Å². The van der Waals surface area contributed by atoms with E-state index in [1.807, 2.05) is 31.2 Å². The van der Waals surface area contributed by atoms with Crippen molar-refractivity contribution in [2.24, 2.45) is 0 Å². The Morgan fingerprint density at radius 3 is 3.00 bits per heavy atom. The molecular formula is C12H13O2. The van der Waals surface area contributed by atoms with E-state index in [-0.39, 0.29) is 5.97 Å². The summed E-state index contributed by atoms with van der Waals surface area (Å²) in [6.45, 7) is 4.07. The van der Waals surface area contributed by atoms with Crippen LogP contribution in [0.15, 0.2) is 30.3 Å². The predicted octanol–water partition coefficient (Wildman–Crippen LogP) is 2.45. The maximum absolute atomic E-state index is 11.1. The van der Waals surface area contributed by atoms with Crippen LogP contribution in [-0.2, 0) is 9.53 Å². The molecular weight excluding hydrogens is 176 g/mol. The van der Waals surface area contributed by atoms with Gasteiger partial charge in [0.25, 0.3) is 0 Å². The summed E-state index contributed by atoms with van der Waals surface area (Å²) in [6.07, 6.45) is 1.49. The molecule has 0 spiro atoms. The lowest BCUT2D eigenvalue weighted by atomic mass is 10.1. The second-order valence-corrected chi connectivity index (χ2v) is 2.87. The Hall–Kier alpha value is -1.57. The zero-order chi connectivity index (χ0) is 10.4. The molecule has 0 aliphatic rings. The number of carbonyl (C=O) groups is 1. The van der Waals surface area contributed by atoms with Crippen LogP contribution in [0.5, 0.6) is 0 Å². The molecule has 73 valence electrons. The van der Waals surface area contributed by atoms with E-state index >= 15 is 0 Å². The number of rotatable bonds is 3. The summed E-state index contributed by atoms with van der Waals surface area (Å²) < 4.78 is 4.81. The molecule has 1 aromatic rings. The Morgan fingerprint density at radius 1 is 1.64 bits per heavy atom. The minimum atomic E-state index is -0.297. The molecule has 0 unspecified atom stereocenters. The number of hydrogen-bond donors (Lipinski definition) is 0. The van der Waals surface area contributed by atoms with Crippen molar-refractivity contribution in [3.63, 3.8) is 0 Å². The van der Waals surface area contributed by atoms with E-state index in [0.29, 0.717) is 6.61 Å². The smallest absolute Gasteiger partial charge is 0.331 e. The van der Waals surface area contributed by atoms with Gasteiger partial charge in [-0.3, -0.25) is 0 Å². The summed E-state index contributed by atoms with van der Waals surface area (Å²) in [6, 6.07) is 10.4. The predicted molar refractivity (Wildman–Crippen MR) is 55.6 cm³/mol. The van der Waals surface area contributed by atoms with Crippen LogP contribution in [0, 0.1) is 6.07 Å². The van der Waals surface area contributed by atoms with Gasteiger partial charge in [0.2, 0.25) is 0 Å². The summed E-state index contributed by atoms with van der Waals surface area (Å²) >= 11 is 0. The molecule has 0 aromatic heterocycles. The van der Waals surface area contributed by atoms with Crippen LogP contribution in [0.2, 0.25) is 0 Å². The van der Waals surface area contributed by atoms with Crippen LogP contribution in [0.1, 0.15) is 19.4 Å². The second kappa shape index (κ2) is 5.22. The SMILES string of the molecule is CCOC(=O)C=C(C)c1c[c]ccc1. The molecule has 0 amide bonds. The maximum atomic E-state index is 11.1. The van der Waals surface area contributed by atoms with Crippen molar-refractivity contribution in [3.8, 4) is 0 Å². The fraction of sp³-hybridized carbons (Fsp3) is 0.250. The molecule has 0 atom stereocenters. The summed E-state index contributed by atoms with van der Waals surface area (Å²) in [5.41, 5.74) is 1.88. The van der Waals surface area contributed by atoms with E-state index < -0.39 is 0 Å². The summed E-state index contributed by atoms with van der Waals surface area (Å²) in [5, 5.41) is 0. The van der Waals surface area contributed by atoms with E-state index in [1.54, 1.807) is 6.92 Å². The van der Waals surface area contributed by atoms with Gasteiger partial charge in [0, 0.05) is 6.08 Å². The van der Waals surface area contributed by atoms with Crippen LogP contribution < -0.4 is 0 Å². The average molecular weight is 189 g/mol. The Morgan fingerprint density at radius 2 is 2.43 bits per heavy atom.